The lowest BCUT2D eigenvalue weighted by atomic mass is 10.2. The molecule has 5 rings (SSSR count). The highest BCUT2D eigenvalue weighted by atomic mass is 16.3. The summed E-state index contributed by atoms with van der Waals surface area (Å²) in [5, 5.41) is 7.52. The van der Waals surface area contributed by atoms with Gasteiger partial charge in [0.25, 0.3) is 5.91 Å². The van der Waals surface area contributed by atoms with Crippen LogP contribution in [0.1, 0.15) is 32.9 Å². The van der Waals surface area contributed by atoms with Crippen LogP contribution in [0.4, 0.5) is 0 Å². The van der Waals surface area contributed by atoms with Gasteiger partial charge in [-0.2, -0.15) is 5.10 Å². The van der Waals surface area contributed by atoms with Gasteiger partial charge in [0.1, 0.15) is 5.76 Å². The maximum atomic E-state index is 13.0. The van der Waals surface area contributed by atoms with Gasteiger partial charge in [-0.15, -0.1) is 0 Å². The Morgan fingerprint density at radius 1 is 1.07 bits per heavy atom. The summed E-state index contributed by atoms with van der Waals surface area (Å²) in [6, 6.07) is 17.7. The lowest BCUT2D eigenvalue weighted by molar-refractivity contribution is 0.0948. The van der Waals surface area contributed by atoms with Crippen LogP contribution >= 0.6 is 0 Å². The number of hydrogen-bond donors (Lipinski definition) is 1. The van der Waals surface area contributed by atoms with E-state index < -0.39 is 0 Å². The predicted octanol–water partition coefficient (Wildman–Crippen LogP) is 3.31. The molecule has 1 N–H and O–H groups in total. The Kier molecular flexibility index (Phi) is 4.86. The number of furan rings is 1. The number of carbonyl (C=O) groups excluding carboxylic acids is 1. The SMILES string of the molecule is O=C(NCc1ccccc1)c1cnn2c1CN(Cc1ccco1)Cc1cccnc1-2. The molecule has 0 radical (unpaired) electrons. The molecule has 1 amide bonds. The van der Waals surface area contributed by atoms with Crippen LogP contribution in [0, 0.1) is 0 Å². The average Bonchev–Trinajstić information content (AvgIpc) is 3.40. The molecule has 0 saturated heterocycles. The number of nitrogens with one attached hydrogen (secondary N) is 1. The van der Waals surface area contributed by atoms with Gasteiger partial charge in [0, 0.05) is 31.4 Å². The summed E-state index contributed by atoms with van der Waals surface area (Å²) in [6.07, 6.45) is 5.06. The molecule has 1 aromatic carbocycles. The molecule has 150 valence electrons. The first kappa shape index (κ1) is 18.3. The highest BCUT2D eigenvalue weighted by molar-refractivity contribution is 5.95. The van der Waals surface area contributed by atoms with Gasteiger partial charge in [0.2, 0.25) is 0 Å². The molecule has 3 aromatic heterocycles. The zero-order valence-corrected chi connectivity index (χ0v) is 16.4. The molecule has 0 bridgehead atoms. The van der Waals surface area contributed by atoms with Crippen molar-refractivity contribution in [1.82, 2.24) is 25.0 Å². The number of nitrogens with zero attached hydrogens (tertiary/aromatic N) is 4. The Labute approximate surface area is 174 Å². The Balaban J connectivity index is 1.45. The number of fused-ring (bicyclic) bond motifs is 3. The van der Waals surface area contributed by atoms with Crippen LogP contribution in [0.5, 0.6) is 0 Å². The van der Waals surface area contributed by atoms with Gasteiger partial charge in [-0.25, -0.2) is 9.67 Å². The van der Waals surface area contributed by atoms with Crippen LogP contribution in [-0.4, -0.2) is 25.6 Å². The number of pyridine rings is 1. The number of amides is 1. The third-order valence-electron chi connectivity index (χ3n) is 5.20. The second-order valence-electron chi connectivity index (χ2n) is 7.30. The van der Waals surface area contributed by atoms with Crippen LogP contribution in [0.25, 0.3) is 5.82 Å². The van der Waals surface area contributed by atoms with Gasteiger partial charge < -0.3 is 9.73 Å². The fraction of sp³-hybridized carbons (Fsp3) is 0.174. The van der Waals surface area contributed by atoms with Crippen LogP contribution in [0.2, 0.25) is 0 Å². The van der Waals surface area contributed by atoms with Crippen LogP contribution in [-0.2, 0) is 26.2 Å². The van der Waals surface area contributed by atoms with Crippen molar-refractivity contribution < 1.29 is 9.21 Å². The lowest BCUT2D eigenvalue weighted by Gasteiger charge is -2.19. The molecule has 1 aliphatic rings. The Morgan fingerprint density at radius 3 is 2.80 bits per heavy atom. The van der Waals surface area contributed by atoms with E-state index in [1.54, 1.807) is 23.3 Å². The van der Waals surface area contributed by atoms with Gasteiger partial charge in [-0.3, -0.25) is 9.69 Å². The molecular formula is C23H21N5O2. The van der Waals surface area contributed by atoms with Crippen molar-refractivity contribution in [2.75, 3.05) is 0 Å². The second kappa shape index (κ2) is 7.96. The zero-order chi connectivity index (χ0) is 20.3. The minimum absolute atomic E-state index is 0.141. The van der Waals surface area contributed by atoms with Crippen molar-refractivity contribution in [2.45, 2.75) is 26.2 Å². The van der Waals surface area contributed by atoms with Crippen LogP contribution in [0.3, 0.4) is 0 Å². The van der Waals surface area contributed by atoms with E-state index in [0.717, 1.165) is 28.4 Å². The van der Waals surface area contributed by atoms with E-state index in [1.165, 1.54) is 0 Å². The lowest BCUT2D eigenvalue weighted by Crippen LogP contribution is -2.26. The van der Waals surface area contributed by atoms with Crippen molar-refractivity contribution >= 4 is 5.91 Å². The monoisotopic (exact) mass is 399 g/mol. The van der Waals surface area contributed by atoms with E-state index in [1.807, 2.05) is 54.6 Å². The van der Waals surface area contributed by atoms with Gasteiger partial charge in [-0.05, 0) is 23.8 Å². The van der Waals surface area contributed by atoms with Crippen molar-refractivity contribution in [3.8, 4) is 5.82 Å². The Bertz CT molecular complexity index is 1150. The number of aromatic nitrogens is 3. The molecule has 0 spiro atoms. The first-order valence-electron chi connectivity index (χ1n) is 9.86. The maximum absolute atomic E-state index is 13.0. The highest BCUT2D eigenvalue weighted by Crippen LogP contribution is 2.25. The molecule has 0 fully saturated rings. The second-order valence-corrected chi connectivity index (χ2v) is 7.30. The maximum Gasteiger partial charge on any atom is 0.255 e. The Morgan fingerprint density at radius 2 is 1.97 bits per heavy atom. The van der Waals surface area contributed by atoms with E-state index in [0.29, 0.717) is 31.7 Å². The molecule has 0 saturated carbocycles. The predicted molar refractivity (Wildman–Crippen MR) is 111 cm³/mol. The normalized spacial score (nSPS) is 13.3. The molecule has 1 aliphatic heterocycles. The van der Waals surface area contributed by atoms with E-state index >= 15 is 0 Å². The summed E-state index contributed by atoms with van der Waals surface area (Å²) in [5.74, 6) is 1.50. The Hall–Kier alpha value is -3.71. The number of carbonyl (C=O) groups is 1. The molecule has 4 heterocycles. The van der Waals surface area contributed by atoms with Gasteiger partial charge in [0.05, 0.1) is 30.3 Å². The van der Waals surface area contributed by atoms with E-state index in [4.69, 9.17) is 4.42 Å². The molecular weight excluding hydrogens is 378 g/mol. The van der Waals surface area contributed by atoms with Gasteiger partial charge >= 0.3 is 0 Å². The number of hydrogen-bond acceptors (Lipinski definition) is 5. The van der Waals surface area contributed by atoms with Crippen molar-refractivity contribution in [2.24, 2.45) is 0 Å². The smallest absolute Gasteiger partial charge is 0.255 e. The number of rotatable bonds is 5. The van der Waals surface area contributed by atoms with E-state index in [2.05, 4.69) is 20.3 Å². The van der Waals surface area contributed by atoms with E-state index in [9.17, 15) is 4.79 Å². The summed E-state index contributed by atoms with van der Waals surface area (Å²) in [7, 11) is 0. The molecule has 7 nitrogen and oxygen atoms in total. The van der Waals surface area contributed by atoms with Crippen molar-refractivity contribution in [3.05, 3.63) is 101 Å². The fourth-order valence-electron chi connectivity index (χ4n) is 3.76. The molecule has 0 aliphatic carbocycles. The minimum Gasteiger partial charge on any atom is -0.468 e. The summed E-state index contributed by atoms with van der Waals surface area (Å²) < 4.78 is 7.33. The van der Waals surface area contributed by atoms with Gasteiger partial charge in [0.15, 0.2) is 5.82 Å². The third kappa shape index (κ3) is 3.62. The first-order valence-corrected chi connectivity index (χ1v) is 9.86. The summed E-state index contributed by atoms with van der Waals surface area (Å²) in [4.78, 5) is 19.7. The van der Waals surface area contributed by atoms with Gasteiger partial charge in [-0.1, -0.05) is 36.4 Å². The van der Waals surface area contributed by atoms with Crippen molar-refractivity contribution in [3.63, 3.8) is 0 Å². The molecule has 0 atom stereocenters. The molecule has 30 heavy (non-hydrogen) atoms. The minimum atomic E-state index is -0.141. The topological polar surface area (TPSA) is 76.2 Å². The largest absolute Gasteiger partial charge is 0.468 e. The summed E-state index contributed by atoms with van der Waals surface area (Å²) in [6.45, 7) is 2.36. The molecule has 7 heteroatoms. The average molecular weight is 399 g/mol. The highest BCUT2D eigenvalue weighted by Gasteiger charge is 2.26. The van der Waals surface area contributed by atoms with Crippen molar-refractivity contribution in [1.29, 1.82) is 0 Å². The summed E-state index contributed by atoms with van der Waals surface area (Å²) >= 11 is 0. The van der Waals surface area contributed by atoms with E-state index in [-0.39, 0.29) is 5.91 Å². The van der Waals surface area contributed by atoms with Crippen LogP contribution < -0.4 is 5.32 Å². The first-order chi connectivity index (χ1) is 14.8. The zero-order valence-electron chi connectivity index (χ0n) is 16.4. The quantitative estimate of drug-likeness (QED) is 0.557. The molecule has 4 aromatic rings. The third-order valence-corrected chi connectivity index (χ3v) is 5.20. The standard InChI is InChI=1S/C23H21N5O2/c29-23(25-12-17-6-2-1-3-7-17)20-13-26-28-21(20)16-27(15-19-9-5-11-30-19)14-18-8-4-10-24-22(18)28/h1-11,13H,12,14-16H2,(H,25,29). The summed E-state index contributed by atoms with van der Waals surface area (Å²) in [5.41, 5.74) is 3.50. The molecule has 0 unspecified atom stereocenters. The fourth-order valence-corrected chi connectivity index (χ4v) is 3.76. The number of benzene rings is 1. The van der Waals surface area contributed by atoms with Crippen LogP contribution in [0.15, 0.2) is 77.7 Å².